The maximum absolute atomic E-state index is 13.1. The second-order valence-electron chi connectivity index (χ2n) is 9.55. The second kappa shape index (κ2) is 18.8. The van der Waals surface area contributed by atoms with Crippen LogP contribution in [0.1, 0.15) is 90.2 Å². The molecular weight excluding hydrogens is 470 g/mol. The molecular formula is C34H45NO3. The van der Waals surface area contributed by atoms with Crippen LogP contribution in [0.3, 0.4) is 0 Å². The molecule has 4 heteroatoms. The van der Waals surface area contributed by atoms with Crippen molar-refractivity contribution in [3.8, 4) is 0 Å². The Hall–Kier alpha value is -3.40. The number of unbranched alkanes of at least 4 members (excludes halogenated alkanes) is 7. The van der Waals surface area contributed by atoms with Crippen LogP contribution >= 0.6 is 0 Å². The highest BCUT2D eigenvalue weighted by molar-refractivity contribution is 6.03. The highest BCUT2D eigenvalue weighted by atomic mass is 16.6. The van der Waals surface area contributed by atoms with E-state index in [1.807, 2.05) is 86.7 Å². The smallest absolute Gasteiger partial charge is 0.417 e. The fourth-order valence-corrected chi connectivity index (χ4v) is 4.33. The lowest BCUT2D eigenvalue weighted by molar-refractivity contribution is -0.125. The maximum atomic E-state index is 13.1. The molecule has 0 aliphatic carbocycles. The third-order valence-corrected chi connectivity index (χ3v) is 6.57. The van der Waals surface area contributed by atoms with Crippen LogP contribution in [0.25, 0.3) is 0 Å². The summed E-state index contributed by atoms with van der Waals surface area (Å²) in [6.07, 6.45) is 31.7. The van der Waals surface area contributed by atoms with Gasteiger partial charge in [-0.3, -0.25) is 4.79 Å². The first-order valence-electron chi connectivity index (χ1n) is 14.2. The van der Waals surface area contributed by atoms with Gasteiger partial charge in [0.05, 0.1) is 6.04 Å². The minimum absolute atomic E-state index is 0.304. The molecule has 1 aromatic rings. The van der Waals surface area contributed by atoms with Gasteiger partial charge in [-0.2, -0.15) is 0 Å². The highest BCUT2D eigenvalue weighted by Crippen LogP contribution is 2.33. The summed E-state index contributed by atoms with van der Waals surface area (Å²) in [7, 11) is 0. The molecule has 2 amide bonds. The topological polar surface area (TPSA) is 46.6 Å². The predicted octanol–water partition coefficient (Wildman–Crippen LogP) is 9.35. The van der Waals surface area contributed by atoms with E-state index >= 15 is 0 Å². The van der Waals surface area contributed by atoms with Gasteiger partial charge in [0.1, 0.15) is 6.10 Å². The fourth-order valence-electron chi connectivity index (χ4n) is 4.33. The van der Waals surface area contributed by atoms with Gasteiger partial charge in [-0.25, -0.2) is 9.69 Å². The quantitative estimate of drug-likeness (QED) is 0.125. The Kier molecular flexibility index (Phi) is 15.2. The van der Waals surface area contributed by atoms with E-state index in [-0.39, 0.29) is 11.9 Å². The van der Waals surface area contributed by atoms with Crippen LogP contribution in [0.5, 0.6) is 0 Å². The summed E-state index contributed by atoms with van der Waals surface area (Å²) in [6, 6.07) is 9.16. The van der Waals surface area contributed by atoms with Crippen molar-refractivity contribution in [1.82, 2.24) is 4.90 Å². The number of hydrogen-bond acceptors (Lipinski definition) is 3. The first-order valence-corrected chi connectivity index (χ1v) is 14.2. The Labute approximate surface area is 230 Å². The SMILES string of the molecule is CCCCCCCCC/C=C/C=C/C=C/C=C/C=C/C=C(\CC)C(=O)N1C(=O)O[C@@H](c2ccccc2)[C@H]1C. The van der Waals surface area contributed by atoms with E-state index in [1.165, 1.54) is 49.8 Å². The zero-order valence-corrected chi connectivity index (χ0v) is 23.4. The van der Waals surface area contributed by atoms with Crippen LogP contribution in [0, 0.1) is 0 Å². The molecule has 1 aromatic carbocycles. The zero-order valence-electron chi connectivity index (χ0n) is 23.4. The lowest BCUT2D eigenvalue weighted by Crippen LogP contribution is -2.38. The molecule has 0 N–H and O–H groups in total. The average Bonchev–Trinajstić information content (AvgIpc) is 3.23. The molecule has 0 unspecified atom stereocenters. The first-order chi connectivity index (χ1) is 18.6. The third kappa shape index (κ3) is 10.9. The van der Waals surface area contributed by atoms with Crippen molar-refractivity contribution < 1.29 is 14.3 Å². The molecule has 0 spiro atoms. The van der Waals surface area contributed by atoms with Gasteiger partial charge >= 0.3 is 6.09 Å². The monoisotopic (exact) mass is 515 g/mol. The summed E-state index contributed by atoms with van der Waals surface area (Å²) in [5.41, 5.74) is 1.45. The van der Waals surface area contributed by atoms with E-state index in [0.29, 0.717) is 12.0 Å². The molecule has 38 heavy (non-hydrogen) atoms. The van der Waals surface area contributed by atoms with Crippen molar-refractivity contribution in [2.24, 2.45) is 0 Å². The number of hydrogen-bond donors (Lipinski definition) is 0. The predicted molar refractivity (Wildman–Crippen MR) is 159 cm³/mol. The lowest BCUT2D eigenvalue weighted by Gasteiger charge is -2.20. The van der Waals surface area contributed by atoms with E-state index in [0.717, 1.165) is 12.0 Å². The summed E-state index contributed by atoms with van der Waals surface area (Å²) >= 11 is 0. The molecule has 1 aliphatic heterocycles. The Balaban J connectivity index is 1.73. The Morgan fingerprint density at radius 3 is 2.03 bits per heavy atom. The largest absolute Gasteiger partial charge is 0.439 e. The summed E-state index contributed by atoms with van der Waals surface area (Å²) in [5, 5.41) is 0. The standard InChI is InChI=1S/C34H45NO3/c1-4-6-7-8-9-10-11-12-13-14-15-16-17-18-19-20-21-23-26-30(5-2)33(36)35-29(3)32(38-34(35)37)31-27-24-22-25-28-31/h13-29,32H,4-12H2,1-3H3/b14-13+,16-15+,18-17+,20-19+,23-21+,30-26+/t29-,32-/m1/s1. The number of nitrogens with zero attached hydrogens (tertiary/aromatic N) is 1. The Morgan fingerprint density at radius 2 is 1.39 bits per heavy atom. The number of carbonyl (C=O) groups is 2. The van der Waals surface area contributed by atoms with Gasteiger partial charge in [-0.1, -0.05) is 150 Å². The van der Waals surface area contributed by atoms with Gasteiger partial charge in [0.15, 0.2) is 0 Å². The van der Waals surface area contributed by atoms with Crippen LogP contribution in [-0.2, 0) is 9.53 Å². The van der Waals surface area contributed by atoms with Gasteiger partial charge < -0.3 is 4.74 Å². The molecule has 0 aromatic heterocycles. The van der Waals surface area contributed by atoms with Crippen LogP contribution in [0.15, 0.2) is 103 Å². The molecule has 2 atom stereocenters. The normalized spacial score (nSPS) is 18.8. The molecule has 0 bridgehead atoms. The van der Waals surface area contributed by atoms with Crippen molar-refractivity contribution in [1.29, 1.82) is 0 Å². The minimum Gasteiger partial charge on any atom is -0.439 e. The number of cyclic esters (lactones) is 1. The average molecular weight is 516 g/mol. The number of allylic oxidation sites excluding steroid dienone is 11. The summed E-state index contributed by atoms with van der Waals surface area (Å²) in [6.45, 7) is 6.01. The van der Waals surface area contributed by atoms with E-state index in [2.05, 4.69) is 25.2 Å². The highest BCUT2D eigenvalue weighted by Gasteiger charge is 2.43. The number of benzene rings is 1. The van der Waals surface area contributed by atoms with E-state index in [1.54, 1.807) is 6.08 Å². The number of carbonyl (C=O) groups excluding carboxylic acids is 2. The van der Waals surface area contributed by atoms with E-state index in [4.69, 9.17) is 4.74 Å². The van der Waals surface area contributed by atoms with Crippen molar-refractivity contribution in [2.75, 3.05) is 0 Å². The van der Waals surface area contributed by atoms with Gasteiger partial charge in [-0.15, -0.1) is 0 Å². The summed E-state index contributed by atoms with van der Waals surface area (Å²) in [5.74, 6) is -0.304. The molecule has 4 nitrogen and oxygen atoms in total. The van der Waals surface area contributed by atoms with Crippen LogP contribution in [-0.4, -0.2) is 22.9 Å². The van der Waals surface area contributed by atoms with Crippen LogP contribution in [0.4, 0.5) is 4.79 Å². The summed E-state index contributed by atoms with van der Waals surface area (Å²) < 4.78 is 5.52. The number of amides is 2. The van der Waals surface area contributed by atoms with Crippen LogP contribution in [0.2, 0.25) is 0 Å². The molecule has 1 fully saturated rings. The maximum Gasteiger partial charge on any atom is 0.417 e. The Morgan fingerprint density at radius 1 is 0.816 bits per heavy atom. The van der Waals surface area contributed by atoms with E-state index in [9.17, 15) is 9.59 Å². The Bertz CT molecular complexity index is 1010. The fraction of sp³-hybridized carbons (Fsp3) is 0.412. The van der Waals surface area contributed by atoms with Crippen molar-refractivity contribution in [2.45, 2.75) is 90.7 Å². The molecule has 1 aliphatic rings. The number of ether oxygens (including phenoxy) is 1. The molecule has 2 rings (SSSR count). The van der Waals surface area contributed by atoms with Gasteiger partial charge in [-0.05, 0) is 31.7 Å². The van der Waals surface area contributed by atoms with Gasteiger partial charge in [0.25, 0.3) is 5.91 Å². The first kappa shape index (κ1) is 30.8. The molecule has 1 saturated heterocycles. The van der Waals surface area contributed by atoms with Crippen molar-refractivity contribution in [3.05, 3.63) is 108 Å². The van der Waals surface area contributed by atoms with E-state index < -0.39 is 12.2 Å². The molecule has 0 radical (unpaired) electrons. The van der Waals surface area contributed by atoms with Gasteiger partial charge in [0, 0.05) is 5.57 Å². The van der Waals surface area contributed by atoms with Gasteiger partial charge in [0.2, 0.25) is 0 Å². The van der Waals surface area contributed by atoms with Crippen LogP contribution < -0.4 is 0 Å². The second-order valence-corrected chi connectivity index (χ2v) is 9.55. The number of imide groups is 1. The van der Waals surface area contributed by atoms with Crippen molar-refractivity contribution >= 4 is 12.0 Å². The van der Waals surface area contributed by atoms with Crippen molar-refractivity contribution in [3.63, 3.8) is 0 Å². The zero-order chi connectivity index (χ0) is 27.4. The molecule has 0 saturated carbocycles. The lowest BCUT2D eigenvalue weighted by atomic mass is 10.0. The third-order valence-electron chi connectivity index (χ3n) is 6.57. The number of rotatable bonds is 16. The molecule has 1 heterocycles. The minimum atomic E-state index is -0.592. The summed E-state index contributed by atoms with van der Waals surface area (Å²) in [4.78, 5) is 26.8. The molecule has 204 valence electrons.